The normalized spacial score (nSPS) is 26.2. The molecule has 4 aliphatic rings. The summed E-state index contributed by atoms with van der Waals surface area (Å²) in [5, 5.41) is 12.4. The van der Waals surface area contributed by atoms with E-state index >= 15 is 0 Å². The Balaban J connectivity index is 1.35. The topological polar surface area (TPSA) is 98.0 Å². The van der Waals surface area contributed by atoms with Crippen molar-refractivity contribution in [2.45, 2.75) is 44.6 Å². The molecule has 190 valence electrons. The summed E-state index contributed by atoms with van der Waals surface area (Å²) in [7, 11) is 3.13. The molecule has 4 fully saturated rings. The number of aliphatic carboxylic acids is 1. The molecule has 1 aromatic carbocycles. The first-order chi connectivity index (χ1) is 17.3. The van der Waals surface area contributed by atoms with Gasteiger partial charge in [0, 0.05) is 35.7 Å². The van der Waals surface area contributed by atoms with Crippen molar-refractivity contribution in [2.75, 3.05) is 14.2 Å². The van der Waals surface area contributed by atoms with Gasteiger partial charge >= 0.3 is 5.97 Å². The molecule has 0 spiro atoms. The largest absolute Gasteiger partial charge is 0.497 e. The van der Waals surface area contributed by atoms with E-state index in [9.17, 15) is 9.59 Å². The van der Waals surface area contributed by atoms with Crippen molar-refractivity contribution in [2.24, 2.45) is 23.7 Å². The molecule has 1 amide bonds. The first-order valence-corrected chi connectivity index (χ1v) is 12.8. The van der Waals surface area contributed by atoms with Crippen LogP contribution in [0.15, 0.2) is 34.8 Å². The SMILES string of the molecule is COc1cc(OC)cc(-c2cc(/C=C/C(=O)O)c(CC(=S)C(=O)NC3C4CC5CC(C4)CC3C5)o2)c1. The van der Waals surface area contributed by atoms with Crippen LogP contribution in [0.25, 0.3) is 17.4 Å². The van der Waals surface area contributed by atoms with E-state index < -0.39 is 5.97 Å². The first kappa shape index (κ1) is 24.6. The standard InChI is InChI=1S/C28H31NO6S/c1-33-21-10-18(11-22(13-21)34-2)23-12-17(3-4-26(30)31)24(35-23)14-25(36)28(32)29-27-19-6-15-5-16(8-19)9-20(27)7-15/h3-4,10-13,15-16,19-20,27H,5-9,14H2,1-2H3,(H,29,32)(H,30,31)/b4-3+. The molecule has 0 radical (unpaired) electrons. The van der Waals surface area contributed by atoms with Gasteiger partial charge in [-0.15, -0.1) is 0 Å². The zero-order valence-electron chi connectivity index (χ0n) is 20.5. The summed E-state index contributed by atoms with van der Waals surface area (Å²) in [6, 6.07) is 7.29. The van der Waals surface area contributed by atoms with Gasteiger partial charge < -0.3 is 24.3 Å². The lowest BCUT2D eigenvalue weighted by Gasteiger charge is -2.54. The number of methoxy groups -OCH3 is 2. The fourth-order valence-corrected chi connectivity index (χ4v) is 6.78. The molecule has 0 atom stereocenters. The average Bonchev–Trinajstić information content (AvgIpc) is 3.26. The van der Waals surface area contributed by atoms with E-state index in [1.165, 1.54) is 38.2 Å². The number of carboxylic acid groups (broad SMARTS) is 1. The summed E-state index contributed by atoms with van der Waals surface area (Å²) in [5.74, 6) is 3.59. The summed E-state index contributed by atoms with van der Waals surface area (Å²) >= 11 is 5.54. The Bertz CT molecular complexity index is 1160. The van der Waals surface area contributed by atoms with Crippen LogP contribution < -0.4 is 14.8 Å². The van der Waals surface area contributed by atoms with Crippen molar-refractivity contribution < 1.29 is 28.6 Å². The fourth-order valence-electron chi connectivity index (χ4n) is 6.59. The minimum absolute atomic E-state index is 0.106. The summed E-state index contributed by atoms with van der Waals surface area (Å²) in [6.07, 6.45) is 8.80. The molecule has 7 nitrogen and oxygen atoms in total. The predicted molar refractivity (Wildman–Crippen MR) is 139 cm³/mol. The third-order valence-corrected chi connectivity index (χ3v) is 8.31. The highest BCUT2D eigenvalue weighted by molar-refractivity contribution is 7.82. The van der Waals surface area contributed by atoms with E-state index in [-0.39, 0.29) is 23.2 Å². The molecular formula is C28H31NO6S. The van der Waals surface area contributed by atoms with Crippen molar-refractivity contribution in [3.63, 3.8) is 0 Å². The van der Waals surface area contributed by atoms with Crippen LogP contribution in [0.1, 0.15) is 43.4 Å². The second kappa shape index (κ2) is 10.1. The number of carbonyl (C=O) groups excluding carboxylic acids is 1. The summed E-state index contributed by atoms with van der Waals surface area (Å²) in [6.45, 7) is 0. The molecule has 2 aromatic rings. The Morgan fingerprint density at radius 1 is 1.03 bits per heavy atom. The molecule has 6 rings (SSSR count). The number of thiocarbonyl (C=S) groups is 1. The van der Waals surface area contributed by atoms with Crippen LogP contribution in [0.4, 0.5) is 0 Å². The fraction of sp³-hybridized carbons (Fsp3) is 0.464. The van der Waals surface area contributed by atoms with Crippen LogP contribution in [-0.2, 0) is 16.0 Å². The van der Waals surface area contributed by atoms with Gasteiger partial charge in [0.15, 0.2) is 0 Å². The van der Waals surface area contributed by atoms with Crippen molar-refractivity contribution in [3.05, 3.63) is 41.7 Å². The second-order valence-corrected chi connectivity index (χ2v) is 10.8. The maximum Gasteiger partial charge on any atom is 0.328 e. The minimum Gasteiger partial charge on any atom is -0.497 e. The Morgan fingerprint density at radius 2 is 1.64 bits per heavy atom. The number of carboxylic acids is 1. The molecule has 0 saturated heterocycles. The number of hydrogen-bond donors (Lipinski definition) is 2. The monoisotopic (exact) mass is 509 g/mol. The average molecular weight is 510 g/mol. The first-order valence-electron chi connectivity index (χ1n) is 12.4. The zero-order valence-corrected chi connectivity index (χ0v) is 21.3. The van der Waals surface area contributed by atoms with Crippen molar-refractivity contribution in [3.8, 4) is 22.8 Å². The summed E-state index contributed by atoms with van der Waals surface area (Å²) < 4.78 is 16.8. The molecular weight excluding hydrogens is 478 g/mol. The number of rotatable bonds is 9. The Morgan fingerprint density at radius 3 is 2.19 bits per heavy atom. The van der Waals surface area contributed by atoms with Gasteiger partial charge in [0.05, 0.1) is 19.1 Å². The molecule has 1 aromatic heterocycles. The third kappa shape index (κ3) is 5.05. The van der Waals surface area contributed by atoms with Crippen molar-refractivity contribution in [1.82, 2.24) is 5.32 Å². The molecule has 0 aliphatic heterocycles. The molecule has 0 unspecified atom stereocenters. The van der Waals surface area contributed by atoms with Crippen molar-refractivity contribution >= 4 is 35.0 Å². The van der Waals surface area contributed by atoms with Crippen LogP contribution in [0, 0.1) is 23.7 Å². The maximum absolute atomic E-state index is 13.1. The second-order valence-electron chi connectivity index (χ2n) is 10.3. The molecule has 4 aliphatic carbocycles. The van der Waals surface area contributed by atoms with Gasteiger partial charge in [-0.2, -0.15) is 0 Å². The number of ether oxygens (including phenoxy) is 2. The molecule has 1 heterocycles. The number of carbonyl (C=O) groups is 2. The number of furan rings is 1. The molecule has 4 saturated carbocycles. The van der Waals surface area contributed by atoms with Crippen molar-refractivity contribution in [1.29, 1.82) is 0 Å². The summed E-state index contributed by atoms with van der Waals surface area (Å²) in [5.41, 5.74) is 1.25. The van der Waals surface area contributed by atoms with Crippen LogP contribution >= 0.6 is 12.2 Å². The highest BCUT2D eigenvalue weighted by Gasteiger charge is 2.48. The number of benzene rings is 1. The lowest BCUT2D eigenvalue weighted by molar-refractivity contribution is -0.131. The number of hydrogen-bond acceptors (Lipinski definition) is 6. The van der Waals surface area contributed by atoms with Gasteiger partial charge in [0.2, 0.25) is 0 Å². The van der Waals surface area contributed by atoms with Gasteiger partial charge in [-0.1, -0.05) is 12.2 Å². The maximum atomic E-state index is 13.1. The predicted octanol–water partition coefficient (Wildman–Crippen LogP) is 4.91. The number of nitrogens with one attached hydrogen (secondary N) is 1. The van der Waals surface area contributed by atoms with Gasteiger partial charge in [0.1, 0.15) is 23.0 Å². The van der Waals surface area contributed by atoms with Crippen LogP contribution in [0.5, 0.6) is 11.5 Å². The Hall–Kier alpha value is -3.13. The smallest absolute Gasteiger partial charge is 0.328 e. The lowest BCUT2D eigenvalue weighted by atomic mass is 9.54. The lowest BCUT2D eigenvalue weighted by Crippen LogP contribution is -2.56. The van der Waals surface area contributed by atoms with E-state index in [0.717, 1.165) is 17.9 Å². The van der Waals surface area contributed by atoms with E-state index in [0.29, 0.717) is 46.0 Å². The zero-order chi connectivity index (χ0) is 25.4. The van der Waals surface area contributed by atoms with E-state index in [2.05, 4.69) is 5.32 Å². The third-order valence-electron chi connectivity index (χ3n) is 7.98. The minimum atomic E-state index is -1.08. The Labute approximate surface area is 215 Å². The molecule has 36 heavy (non-hydrogen) atoms. The van der Waals surface area contributed by atoms with Crippen LogP contribution in [0.3, 0.4) is 0 Å². The number of amides is 1. The van der Waals surface area contributed by atoms with Gasteiger partial charge in [0.25, 0.3) is 5.91 Å². The van der Waals surface area contributed by atoms with Gasteiger partial charge in [-0.05, 0) is 80.1 Å². The quantitative estimate of drug-likeness (QED) is 0.366. The Kier molecular flexibility index (Phi) is 6.88. The van der Waals surface area contributed by atoms with E-state index in [1.807, 2.05) is 0 Å². The highest BCUT2D eigenvalue weighted by Crippen LogP contribution is 2.53. The van der Waals surface area contributed by atoms with E-state index in [1.54, 1.807) is 38.5 Å². The molecule has 4 bridgehead atoms. The molecule has 8 heteroatoms. The summed E-state index contributed by atoms with van der Waals surface area (Å²) in [4.78, 5) is 24.5. The van der Waals surface area contributed by atoms with E-state index in [4.69, 9.17) is 31.2 Å². The van der Waals surface area contributed by atoms with Gasteiger partial charge in [-0.25, -0.2) is 4.79 Å². The highest BCUT2D eigenvalue weighted by atomic mass is 32.1. The van der Waals surface area contributed by atoms with Gasteiger partial charge in [-0.3, -0.25) is 4.79 Å². The van der Waals surface area contributed by atoms with Crippen LogP contribution in [-0.4, -0.2) is 42.1 Å². The molecule has 2 N–H and O–H groups in total. The van der Waals surface area contributed by atoms with Crippen LogP contribution in [0.2, 0.25) is 0 Å².